The minimum absolute atomic E-state index is 0.0106. The highest BCUT2D eigenvalue weighted by Crippen LogP contribution is 2.44. The topological polar surface area (TPSA) is 109 Å². The summed E-state index contributed by atoms with van der Waals surface area (Å²) in [6.07, 6.45) is -0.412. The lowest BCUT2D eigenvalue weighted by Gasteiger charge is -2.52. The third-order valence-electron chi connectivity index (χ3n) is 7.34. The van der Waals surface area contributed by atoms with Gasteiger partial charge in [-0.25, -0.2) is 4.79 Å². The molecule has 0 saturated carbocycles. The quantitative estimate of drug-likeness (QED) is 0.221. The van der Waals surface area contributed by atoms with Crippen molar-refractivity contribution < 1.29 is 28.6 Å². The monoisotopic (exact) mass is 580 g/mol. The van der Waals surface area contributed by atoms with Crippen LogP contribution in [-0.4, -0.2) is 45.2 Å². The Labute approximate surface area is 247 Å². The molecule has 9 heteroatoms. The van der Waals surface area contributed by atoms with Gasteiger partial charge < -0.3 is 24.5 Å². The molecule has 2 amide bonds. The predicted molar refractivity (Wildman–Crippen MR) is 157 cm³/mol. The van der Waals surface area contributed by atoms with Gasteiger partial charge in [0, 0.05) is 5.57 Å². The normalized spacial score (nSPS) is 20.2. The predicted octanol–water partition coefficient (Wildman–Crippen LogP) is 4.54. The van der Waals surface area contributed by atoms with Crippen LogP contribution in [-0.2, 0) is 25.5 Å². The molecule has 6 rings (SSSR count). The van der Waals surface area contributed by atoms with Gasteiger partial charge in [0.15, 0.2) is 12.1 Å². The molecular formula is C33H28N2O6S. The molecule has 2 N–H and O–H groups in total. The van der Waals surface area contributed by atoms with E-state index in [1.165, 1.54) is 22.9 Å². The summed E-state index contributed by atoms with van der Waals surface area (Å²) in [5.74, 6) is -0.984. The van der Waals surface area contributed by atoms with Crippen molar-refractivity contribution in [3.8, 4) is 0 Å². The molecule has 1 fully saturated rings. The van der Waals surface area contributed by atoms with Crippen molar-refractivity contribution in [1.82, 2.24) is 10.2 Å². The maximum absolute atomic E-state index is 14.1. The molecule has 2 aliphatic rings. The molecule has 1 aromatic heterocycles. The number of nitrogens with one attached hydrogen (secondary N) is 1. The number of fused-ring (bicyclic) bond motifs is 1. The number of benzene rings is 3. The summed E-state index contributed by atoms with van der Waals surface area (Å²) in [6.45, 7) is 0. The number of β-lactam (4-membered cyclic amide) rings is 1. The number of nitrogens with zero attached hydrogens (tertiary/aromatic N) is 1. The molecule has 212 valence electrons. The van der Waals surface area contributed by atoms with Crippen molar-refractivity contribution in [2.45, 2.75) is 36.1 Å². The fourth-order valence-electron chi connectivity index (χ4n) is 5.26. The lowest BCUT2D eigenvalue weighted by Crippen LogP contribution is -2.74. The third kappa shape index (κ3) is 5.48. The van der Waals surface area contributed by atoms with E-state index in [2.05, 4.69) is 5.32 Å². The maximum atomic E-state index is 14.1. The lowest BCUT2D eigenvalue weighted by molar-refractivity contribution is -0.166. The maximum Gasteiger partial charge on any atom is 0.334 e. The van der Waals surface area contributed by atoms with E-state index in [0.717, 1.165) is 11.1 Å². The van der Waals surface area contributed by atoms with E-state index in [9.17, 15) is 19.5 Å². The smallest absolute Gasteiger partial charge is 0.334 e. The Hall–Kier alpha value is -4.60. The number of ether oxygens (including phenoxy) is 1. The zero-order valence-corrected chi connectivity index (χ0v) is 23.2. The minimum atomic E-state index is -1.19. The highest BCUT2D eigenvalue weighted by molar-refractivity contribution is 8.03. The zero-order valence-electron chi connectivity index (χ0n) is 22.4. The number of thioether (sulfide) groups is 1. The summed E-state index contributed by atoms with van der Waals surface area (Å²) in [5, 5.41) is 15.3. The third-order valence-corrected chi connectivity index (χ3v) is 8.53. The Morgan fingerprint density at radius 2 is 1.48 bits per heavy atom. The van der Waals surface area contributed by atoms with E-state index in [1.54, 1.807) is 41.8 Å². The number of esters is 1. The number of furan rings is 1. The molecule has 4 atom stereocenters. The minimum Gasteiger partial charge on any atom is -0.469 e. The van der Waals surface area contributed by atoms with Crippen LogP contribution in [0.15, 0.2) is 125 Å². The Morgan fingerprint density at radius 1 is 0.881 bits per heavy atom. The first-order chi connectivity index (χ1) is 20.5. The van der Waals surface area contributed by atoms with Crippen molar-refractivity contribution in [2.24, 2.45) is 0 Å². The van der Waals surface area contributed by atoms with Crippen LogP contribution in [0, 0.1) is 0 Å². The van der Waals surface area contributed by atoms with Crippen molar-refractivity contribution >= 4 is 29.5 Å². The second-order valence-electron chi connectivity index (χ2n) is 10.0. The van der Waals surface area contributed by atoms with Crippen molar-refractivity contribution in [2.75, 3.05) is 0 Å². The fourth-order valence-corrected chi connectivity index (χ4v) is 6.52. The number of hydrogen-bond acceptors (Lipinski definition) is 7. The molecule has 0 bridgehead atoms. The van der Waals surface area contributed by atoms with Crippen molar-refractivity contribution in [1.29, 1.82) is 0 Å². The van der Waals surface area contributed by atoms with Crippen LogP contribution in [0.25, 0.3) is 0 Å². The molecule has 3 unspecified atom stereocenters. The van der Waals surface area contributed by atoms with Crippen LogP contribution in [0.3, 0.4) is 0 Å². The molecule has 1 saturated heterocycles. The summed E-state index contributed by atoms with van der Waals surface area (Å²) >= 11 is 1.28. The number of aliphatic hydroxyl groups excluding tert-OH is 1. The van der Waals surface area contributed by atoms with Crippen LogP contribution in [0.2, 0.25) is 0 Å². The molecule has 3 heterocycles. The van der Waals surface area contributed by atoms with Crippen LogP contribution in [0.4, 0.5) is 0 Å². The van der Waals surface area contributed by atoms with E-state index in [4.69, 9.17) is 9.15 Å². The van der Waals surface area contributed by atoms with Gasteiger partial charge in [0.05, 0.1) is 12.7 Å². The standard InChI is InChI=1S/C33H28N2O6S/c36-26(19-24-17-10-18-40-24)34-27-31(38)35-28(25(20-42-32(27)35)29(37)21-11-4-1-5-12-21)33(39)41-30(22-13-6-2-7-14-22)23-15-8-3-9-16-23/h1-18,20,27-30,32,37H,19H2,(H,34,36)/t27?,28?,29?,32-/m0/s1. The number of carbonyl (C=O) groups excluding carboxylic acids is 3. The van der Waals surface area contributed by atoms with Crippen LogP contribution in [0.5, 0.6) is 0 Å². The molecule has 0 spiro atoms. The number of hydrogen-bond donors (Lipinski definition) is 2. The summed E-state index contributed by atoms with van der Waals surface area (Å²) in [7, 11) is 0. The van der Waals surface area contributed by atoms with Crippen LogP contribution < -0.4 is 5.32 Å². The summed E-state index contributed by atoms with van der Waals surface area (Å²) in [6, 6.07) is 29.0. The molecule has 0 aliphatic carbocycles. The average Bonchev–Trinajstić information content (AvgIpc) is 3.55. The van der Waals surface area contributed by atoms with Gasteiger partial charge in [0.25, 0.3) is 0 Å². The summed E-state index contributed by atoms with van der Waals surface area (Å²) in [5.41, 5.74) is 2.46. The van der Waals surface area contributed by atoms with E-state index >= 15 is 0 Å². The largest absolute Gasteiger partial charge is 0.469 e. The van der Waals surface area contributed by atoms with Gasteiger partial charge in [0.1, 0.15) is 23.3 Å². The van der Waals surface area contributed by atoms with Gasteiger partial charge in [0.2, 0.25) is 11.8 Å². The lowest BCUT2D eigenvalue weighted by atomic mass is 9.91. The first-order valence-corrected chi connectivity index (χ1v) is 14.5. The Morgan fingerprint density at radius 3 is 2.05 bits per heavy atom. The summed E-state index contributed by atoms with van der Waals surface area (Å²) < 4.78 is 11.4. The van der Waals surface area contributed by atoms with Gasteiger partial charge in [-0.3, -0.25) is 9.59 Å². The molecule has 42 heavy (non-hydrogen) atoms. The highest BCUT2D eigenvalue weighted by atomic mass is 32.2. The van der Waals surface area contributed by atoms with Gasteiger partial charge in [-0.1, -0.05) is 91.0 Å². The number of aliphatic hydroxyl groups is 1. The second kappa shape index (κ2) is 12.1. The van der Waals surface area contributed by atoms with Crippen LogP contribution >= 0.6 is 11.8 Å². The SMILES string of the molecule is O=C(Cc1ccco1)NC1C(=O)N2C(C(=O)OC(c3ccccc3)c3ccccc3)C(C(O)c3ccccc3)=CS[C@@H]12. The molecule has 4 aromatic rings. The number of carbonyl (C=O) groups is 3. The number of rotatable bonds is 9. The number of amides is 2. The summed E-state index contributed by atoms with van der Waals surface area (Å²) in [4.78, 5) is 41.7. The van der Waals surface area contributed by atoms with Crippen LogP contribution in [0.1, 0.15) is 34.7 Å². The Kier molecular flexibility index (Phi) is 7.94. The van der Waals surface area contributed by atoms with E-state index in [0.29, 0.717) is 16.9 Å². The van der Waals surface area contributed by atoms with E-state index < -0.39 is 41.5 Å². The first-order valence-electron chi connectivity index (χ1n) is 13.5. The molecule has 3 aromatic carbocycles. The van der Waals surface area contributed by atoms with Gasteiger partial charge in [-0.15, -0.1) is 11.8 Å². The molecule has 8 nitrogen and oxygen atoms in total. The van der Waals surface area contributed by atoms with E-state index in [-0.39, 0.29) is 12.3 Å². The van der Waals surface area contributed by atoms with Gasteiger partial charge >= 0.3 is 5.97 Å². The second-order valence-corrected chi connectivity index (χ2v) is 11.0. The van der Waals surface area contributed by atoms with Gasteiger partial charge in [-0.2, -0.15) is 0 Å². The molecular weight excluding hydrogens is 552 g/mol. The van der Waals surface area contributed by atoms with Crippen molar-refractivity contribution in [3.05, 3.63) is 143 Å². The fraction of sp³-hybridized carbons (Fsp3) is 0.182. The Balaban J connectivity index is 1.30. The first kappa shape index (κ1) is 27.6. The molecule has 2 aliphatic heterocycles. The zero-order chi connectivity index (χ0) is 29.1. The van der Waals surface area contributed by atoms with Gasteiger partial charge in [-0.05, 0) is 34.2 Å². The average molecular weight is 581 g/mol. The Bertz CT molecular complexity index is 1540. The molecule has 0 radical (unpaired) electrons. The highest BCUT2D eigenvalue weighted by Gasteiger charge is 2.57. The van der Waals surface area contributed by atoms with E-state index in [1.807, 2.05) is 66.7 Å². The van der Waals surface area contributed by atoms with Crippen molar-refractivity contribution in [3.63, 3.8) is 0 Å².